The third kappa shape index (κ3) is 3.87. The number of nitrogens with zero attached hydrogens (tertiary/aromatic N) is 4. The van der Waals surface area contributed by atoms with Crippen molar-refractivity contribution in [3.63, 3.8) is 0 Å². The smallest absolute Gasteiger partial charge is 0.264 e. The Morgan fingerprint density at radius 3 is 2.07 bits per heavy atom. The Hall–Kier alpha value is -3.48. The van der Waals surface area contributed by atoms with Gasteiger partial charge in [-0.05, 0) is 36.2 Å². The van der Waals surface area contributed by atoms with E-state index in [-0.39, 0.29) is 6.61 Å². The monoisotopic (exact) mass is 362 g/mol. The summed E-state index contributed by atoms with van der Waals surface area (Å²) in [7, 11) is 0. The first-order chi connectivity index (χ1) is 13.2. The van der Waals surface area contributed by atoms with Crippen molar-refractivity contribution in [1.82, 2.24) is 20.3 Å². The van der Waals surface area contributed by atoms with E-state index in [9.17, 15) is 0 Å². The molecule has 4 aromatic rings. The van der Waals surface area contributed by atoms with Gasteiger partial charge in [0.1, 0.15) is 5.75 Å². The van der Waals surface area contributed by atoms with E-state index in [2.05, 4.69) is 39.3 Å². The Kier molecular flexibility index (Phi) is 4.65. The minimum atomic E-state index is 0.195. The van der Waals surface area contributed by atoms with Crippen LogP contribution in [-0.4, -0.2) is 20.3 Å². The maximum Gasteiger partial charge on any atom is 0.264 e. The number of aromatic nitrogens is 4. The molecule has 0 saturated carbocycles. The molecule has 0 atom stereocenters. The summed E-state index contributed by atoms with van der Waals surface area (Å²) in [5, 5.41) is 7.91. The van der Waals surface area contributed by atoms with E-state index < -0.39 is 0 Å². The SMILES string of the molecule is CCc1ccc(-c2noc(COc3ccc(-c4noc(C)n4)cc3)n2)cc1. The van der Waals surface area contributed by atoms with E-state index in [1.807, 2.05) is 36.4 Å². The number of hydrogen-bond donors (Lipinski definition) is 0. The van der Waals surface area contributed by atoms with Crippen LogP contribution in [0.5, 0.6) is 5.75 Å². The normalized spacial score (nSPS) is 10.9. The van der Waals surface area contributed by atoms with Gasteiger partial charge in [-0.25, -0.2) is 0 Å². The average molecular weight is 362 g/mol. The van der Waals surface area contributed by atoms with Crippen LogP contribution in [0.15, 0.2) is 57.6 Å². The lowest BCUT2D eigenvalue weighted by atomic mass is 10.1. The molecule has 0 aliphatic rings. The first kappa shape index (κ1) is 17.0. The molecule has 7 heteroatoms. The van der Waals surface area contributed by atoms with Gasteiger partial charge in [0, 0.05) is 18.1 Å². The van der Waals surface area contributed by atoms with Crippen LogP contribution in [0.3, 0.4) is 0 Å². The number of ether oxygens (including phenoxy) is 1. The molecule has 0 radical (unpaired) electrons. The molecule has 2 heterocycles. The maximum atomic E-state index is 5.71. The second-order valence-corrected chi connectivity index (χ2v) is 6.01. The van der Waals surface area contributed by atoms with Crippen LogP contribution >= 0.6 is 0 Å². The van der Waals surface area contributed by atoms with Crippen molar-refractivity contribution in [2.24, 2.45) is 0 Å². The zero-order valence-electron chi connectivity index (χ0n) is 15.0. The molecular weight excluding hydrogens is 344 g/mol. The second kappa shape index (κ2) is 7.41. The van der Waals surface area contributed by atoms with Crippen molar-refractivity contribution in [3.05, 3.63) is 65.9 Å². The zero-order valence-corrected chi connectivity index (χ0v) is 15.0. The molecular formula is C20H18N4O3. The van der Waals surface area contributed by atoms with Crippen molar-refractivity contribution < 1.29 is 13.8 Å². The van der Waals surface area contributed by atoms with Crippen molar-refractivity contribution in [1.29, 1.82) is 0 Å². The van der Waals surface area contributed by atoms with Gasteiger partial charge in [-0.15, -0.1) is 0 Å². The Bertz CT molecular complexity index is 1020. The average Bonchev–Trinajstić information content (AvgIpc) is 3.36. The predicted molar refractivity (Wildman–Crippen MR) is 97.9 cm³/mol. The van der Waals surface area contributed by atoms with Crippen LogP contribution in [0.25, 0.3) is 22.8 Å². The third-order valence-electron chi connectivity index (χ3n) is 4.09. The Morgan fingerprint density at radius 2 is 1.44 bits per heavy atom. The lowest BCUT2D eigenvalue weighted by Gasteiger charge is -2.03. The Balaban J connectivity index is 1.39. The standard InChI is InChI=1S/C20H18N4O3/c1-3-14-4-6-15(7-5-14)20-22-18(27-24-20)12-25-17-10-8-16(9-11-17)19-21-13(2)26-23-19/h4-11H,3,12H2,1-2H3. The van der Waals surface area contributed by atoms with Gasteiger partial charge in [0.15, 0.2) is 6.61 Å². The molecule has 0 amide bonds. The minimum absolute atomic E-state index is 0.195. The van der Waals surface area contributed by atoms with Gasteiger partial charge in [0.25, 0.3) is 5.89 Å². The number of aryl methyl sites for hydroxylation is 2. The summed E-state index contributed by atoms with van der Waals surface area (Å²) in [6.07, 6.45) is 0.997. The van der Waals surface area contributed by atoms with Gasteiger partial charge >= 0.3 is 0 Å². The summed E-state index contributed by atoms with van der Waals surface area (Å²) in [5.41, 5.74) is 3.04. The van der Waals surface area contributed by atoms with Gasteiger partial charge < -0.3 is 13.8 Å². The second-order valence-electron chi connectivity index (χ2n) is 6.01. The van der Waals surface area contributed by atoms with Crippen LogP contribution in [0.4, 0.5) is 0 Å². The zero-order chi connectivity index (χ0) is 18.6. The van der Waals surface area contributed by atoms with Crippen LogP contribution in [0, 0.1) is 6.92 Å². The molecule has 0 aliphatic carbocycles. The summed E-state index contributed by atoms with van der Waals surface area (Å²) < 4.78 is 16.0. The molecule has 27 heavy (non-hydrogen) atoms. The van der Waals surface area contributed by atoms with E-state index in [4.69, 9.17) is 13.8 Å². The van der Waals surface area contributed by atoms with E-state index in [1.54, 1.807) is 6.92 Å². The summed E-state index contributed by atoms with van der Waals surface area (Å²) in [5.74, 6) is 2.74. The minimum Gasteiger partial charge on any atom is -0.484 e. The first-order valence-electron chi connectivity index (χ1n) is 8.66. The molecule has 0 bridgehead atoms. The largest absolute Gasteiger partial charge is 0.484 e. The van der Waals surface area contributed by atoms with Gasteiger partial charge in [0.2, 0.25) is 17.5 Å². The fourth-order valence-electron chi connectivity index (χ4n) is 2.58. The Morgan fingerprint density at radius 1 is 0.815 bits per heavy atom. The van der Waals surface area contributed by atoms with Crippen LogP contribution < -0.4 is 4.74 Å². The van der Waals surface area contributed by atoms with Gasteiger partial charge in [-0.3, -0.25) is 0 Å². The van der Waals surface area contributed by atoms with Crippen LogP contribution in [0.1, 0.15) is 24.3 Å². The van der Waals surface area contributed by atoms with E-state index in [0.717, 1.165) is 17.5 Å². The van der Waals surface area contributed by atoms with Crippen molar-refractivity contribution in [2.45, 2.75) is 26.9 Å². The van der Waals surface area contributed by atoms with E-state index in [1.165, 1.54) is 5.56 Å². The highest BCUT2D eigenvalue weighted by molar-refractivity contribution is 5.56. The van der Waals surface area contributed by atoms with Crippen molar-refractivity contribution in [2.75, 3.05) is 0 Å². The predicted octanol–water partition coefficient (Wildman–Crippen LogP) is 4.24. The Labute approximate surface area is 156 Å². The summed E-state index contributed by atoms with van der Waals surface area (Å²) in [6.45, 7) is 4.07. The molecule has 136 valence electrons. The number of rotatable bonds is 6. The van der Waals surface area contributed by atoms with E-state index in [0.29, 0.717) is 29.2 Å². The highest BCUT2D eigenvalue weighted by atomic mass is 16.5. The lowest BCUT2D eigenvalue weighted by molar-refractivity contribution is 0.243. The number of benzene rings is 2. The molecule has 2 aromatic heterocycles. The van der Waals surface area contributed by atoms with Crippen LogP contribution in [0.2, 0.25) is 0 Å². The molecule has 0 saturated heterocycles. The quantitative estimate of drug-likeness (QED) is 0.507. The third-order valence-corrected chi connectivity index (χ3v) is 4.09. The summed E-state index contributed by atoms with van der Waals surface area (Å²) in [6, 6.07) is 15.5. The highest BCUT2D eigenvalue weighted by Gasteiger charge is 2.10. The molecule has 0 unspecified atom stereocenters. The summed E-state index contributed by atoms with van der Waals surface area (Å²) >= 11 is 0. The maximum absolute atomic E-state index is 5.71. The topological polar surface area (TPSA) is 87.1 Å². The lowest BCUT2D eigenvalue weighted by Crippen LogP contribution is -1.95. The first-order valence-corrected chi connectivity index (χ1v) is 8.66. The van der Waals surface area contributed by atoms with Gasteiger partial charge in [0.05, 0.1) is 0 Å². The molecule has 4 rings (SSSR count). The molecule has 0 aliphatic heterocycles. The molecule has 7 nitrogen and oxygen atoms in total. The number of hydrogen-bond acceptors (Lipinski definition) is 7. The highest BCUT2D eigenvalue weighted by Crippen LogP contribution is 2.21. The van der Waals surface area contributed by atoms with E-state index >= 15 is 0 Å². The van der Waals surface area contributed by atoms with Gasteiger partial charge in [-0.1, -0.05) is 41.5 Å². The van der Waals surface area contributed by atoms with Crippen molar-refractivity contribution in [3.8, 4) is 28.5 Å². The molecule has 0 spiro atoms. The van der Waals surface area contributed by atoms with Crippen LogP contribution in [-0.2, 0) is 13.0 Å². The van der Waals surface area contributed by atoms with Gasteiger partial charge in [-0.2, -0.15) is 9.97 Å². The fraction of sp³-hybridized carbons (Fsp3) is 0.200. The molecule has 0 N–H and O–H groups in total. The summed E-state index contributed by atoms with van der Waals surface area (Å²) in [4.78, 5) is 8.58. The molecule has 0 fully saturated rings. The fourth-order valence-corrected chi connectivity index (χ4v) is 2.58. The molecule has 2 aromatic carbocycles. The van der Waals surface area contributed by atoms with Crippen molar-refractivity contribution >= 4 is 0 Å².